The summed E-state index contributed by atoms with van der Waals surface area (Å²) in [5.41, 5.74) is 7.49. The van der Waals surface area contributed by atoms with Gasteiger partial charge in [-0.05, 0) is 37.5 Å². The number of aromatic nitrogens is 1. The van der Waals surface area contributed by atoms with Crippen LogP contribution in [-0.4, -0.2) is 29.4 Å². The van der Waals surface area contributed by atoms with Gasteiger partial charge in [0, 0.05) is 24.2 Å². The molecule has 2 aromatic carbocycles. The molecule has 0 radical (unpaired) electrons. The van der Waals surface area contributed by atoms with Gasteiger partial charge in [-0.25, -0.2) is 4.98 Å². The molecule has 1 aromatic heterocycles. The molecule has 4 rings (SSSR count). The summed E-state index contributed by atoms with van der Waals surface area (Å²) in [6.07, 6.45) is -1.18. The van der Waals surface area contributed by atoms with Crippen LogP contribution in [0.1, 0.15) is 35.1 Å². The van der Waals surface area contributed by atoms with Crippen LogP contribution in [0.25, 0.3) is 22.4 Å². The molecular formula is C26H22F3N5O. The number of amides is 1. The van der Waals surface area contributed by atoms with Gasteiger partial charge in [-0.15, -0.1) is 0 Å². The molecule has 0 saturated carbocycles. The number of hydrogen-bond acceptors (Lipinski definition) is 5. The number of nitrogens with zero attached hydrogens (tertiary/aromatic N) is 4. The smallest absolute Gasteiger partial charge is 0.383 e. The number of hydrogen-bond donors (Lipinski definition) is 1. The fourth-order valence-electron chi connectivity index (χ4n) is 3.71. The van der Waals surface area contributed by atoms with E-state index in [0.717, 1.165) is 37.2 Å². The molecule has 0 aliphatic carbocycles. The second kappa shape index (κ2) is 10.7. The molecule has 3 aromatic rings. The summed E-state index contributed by atoms with van der Waals surface area (Å²) in [5.74, 6) is -0.0908. The maximum atomic E-state index is 12.9. The lowest BCUT2D eigenvalue weighted by Crippen LogP contribution is -2.15. The van der Waals surface area contributed by atoms with Crippen LogP contribution >= 0.6 is 0 Å². The van der Waals surface area contributed by atoms with Gasteiger partial charge in [0.2, 0.25) is 6.41 Å². The number of rotatable bonds is 3. The van der Waals surface area contributed by atoms with E-state index < -0.39 is 11.7 Å². The van der Waals surface area contributed by atoms with E-state index in [1.807, 2.05) is 31.2 Å². The van der Waals surface area contributed by atoms with E-state index >= 15 is 0 Å². The van der Waals surface area contributed by atoms with Crippen molar-refractivity contribution in [1.82, 2.24) is 9.88 Å². The third-order valence-electron chi connectivity index (χ3n) is 5.56. The zero-order valence-corrected chi connectivity index (χ0v) is 18.9. The summed E-state index contributed by atoms with van der Waals surface area (Å²) >= 11 is 0. The van der Waals surface area contributed by atoms with E-state index in [9.17, 15) is 28.5 Å². The second-order valence-corrected chi connectivity index (χ2v) is 7.98. The van der Waals surface area contributed by atoms with Crippen LogP contribution in [0.3, 0.4) is 0 Å². The lowest BCUT2D eigenvalue weighted by atomic mass is 9.92. The average molecular weight is 477 g/mol. The maximum Gasteiger partial charge on any atom is 0.416 e. The average Bonchev–Trinajstić information content (AvgIpc) is 3.38. The molecule has 6 nitrogen and oxygen atoms in total. The van der Waals surface area contributed by atoms with Crippen LogP contribution in [0.4, 0.5) is 19.0 Å². The second-order valence-electron chi connectivity index (χ2n) is 7.98. The third-order valence-corrected chi connectivity index (χ3v) is 5.56. The molecule has 35 heavy (non-hydrogen) atoms. The van der Waals surface area contributed by atoms with Crippen LogP contribution in [0, 0.1) is 29.6 Å². The molecule has 2 N–H and O–H groups in total. The highest BCUT2D eigenvalue weighted by atomic mass is 19.4. The Morgan fingerprint density at radius 2 is 1.49 bits per heavy atom. The van der Waals surface area contributed by atoms with E-state index in [4.69, 9.17) is 5.73 Å². The van der Waals surface area contributed by atoms with Gasteiger partial charge in [0.1, 0.15) is 23.5 Å². The van der Waals surface area contributed by atoms with E-state index in [0.29, 0.717) is 5.56 Å². The Morgan fingerprint density at radius 1 is 0.943 bits per heavy atom. The van der Waals surface area contributed by atoms with Gasteiger partial charge in [0.25, 0.3) is 0 Å². The minimum absolute atomic E-state index is 0.0489. The molecule has 2 heterocycles. The number of anilines is 1. The van der Waals surface area contributed by atoms with Gasteiger partial charge in [-0.2, -0.15) is 23.7 Å². The molecule has 1 aliphatic rings. The molecule has 1 fully saturated rings. The molecule has 0 unspecified atom stereocenters. The van der Waals surface area contributed by atoms with Crippen LogP contribution in [0.5, 0.6) is 0 Å². The zero-order chi connectivity index (χ0) is 25.6. The number of nitrogens with two attached hydrogens (primary N) is 1. The van der Waals surface area contributed by atoms with Crippen molar-refractivity contribution in [3.05, 3.63) is 70.8 Å². The monoisotopic (exact) mass is 477 g/mol. The van der Waals surface area contributed by atoms with Crippen molar-refractivity contribution in [1.29, 1.82) is 10.5 Å². The van der Waals surface area contributed by atoms with Crippen molar-refractivity contribution in [2.45, 2.75) is 25.9 Å². The largest absolute Gasteiger partial charge is 0.416 e. The lowest BCUT2D eigenvalue weighted by Gasteiger charge is -2.14. The highest BCUT2D eigenvalue weighted by Gasteiger charge is 2.30. The standard InChI is InChI=1S/C21H13F3N4.C5H9NO/c1-12-2-4-14(5-3-12)19-16(10-25)18(17(11-26)20(27)28-19)13-6-8-15(9-7-13)21(22,23)24;7-5-6-3-1-2-4-6/h2-9H,1H3,(H2,27,28);5H,1-4H2. The Labute approximate surface area is 201 Å². The first-order valence-electron chi connectivity index (χ1n) is 10.8. The third kappa shape index (κ3) is 5.77. The first-order valence-corrected chi connectivity index (χ1v) is 10.8. The van der Waals surface area contributed by atoms with Gasteiger partial charge in [-0.3, -0.25) is 4.79 Å². The van der Waals surface area contributed by atoms with Crippen molar-refractivity contribution in [2.75, 3.05) is 18.8 Å². The first-order chi connectivity index (χ1) is 16.7. The molecule has 9 heteroatoms. The van der Waals surface area contributed by atoms with Crippen LogP contribution in [-0.2, 0) is 11.0 Å². The zero-order valence-electron chi connectivity index (χ0n) is 18.9. The Bertz CT molecular complexity index is 1280. The topological polar surface area (TPSA) is 107 Å². The Hall–Kier alpha value is -4.37. The predicted molar refractivity (Wildman–Crippen MR) is 126 cm³/mol. The summed E-state index contributed by atoms with van der Waals surface area (Å²) in [7, 11) is 0. The van der Waals surface area contributed by atoms with Crippen LogP contribution in [0.2, 0.25) is 0 Å². The summed E-state index contributed by atoms with van der Waals surface area (Å²) < 4.78 is 38.6. The van der Waals surface area contributed by atoms with Gasteiger partial charge >= 0.3 is 6.18 Å². The summed E-state index contributed by atoms with van der Waals surface area (Å²) in [6, 6.07) is 15.4. The number of alkyl halides is 3. The highest BCUT2D eigenvalue weighted by Crippen LogP contribution is 2.37. The van der Waals surface area contributed by atoms with Gasteiger partial charge < -0.3 is 10.6 Å². The predicted octanol–water partition coefficient (Wildman–Crippen LogP) is 5.31. The number of carbonyl (C=O) groups excluding carboxylic acids is 1. The summed E-state index contributed by atoms with van der Waals surface area (Å²) in [6.45, 7) is 3.86. The van der Waals surface area contributed by atoms with E-state index in [2.05, 4.69) is 4.98 Å². The molecule has 1 amide bonds. The molecule has 0 atom stereocenters. The number of aryl methyl sites for hydroxylation is 1. The van der Waals surface area contributed by atoms with E-state index in [-0.39, 0.29) is 33.8 Å². The quantitative estimate of drug-likeness (QED) is 0.515. The van der Waals surface area contributed by atoms with Crippen molar-refractivity contribution in [2.24, 2.45) is 0 Å². The number of benzene rings is 2. The van der Waals surface area contributed by atoms with Crippen molar-refractivity contribution < 1.29 is 18.0 Å². The number of nitriles is 2. The number of halogens is 3. The van der Waals surface area contributed by atoms with E-state index in [1.165, 1.54) is 25.0 Å². The van der Waals surface area contributed by atoms with Gasteiger partial charge in [-0.1, -0.05) is 42.0 Å². The number of nitrogen functional groups attached to an aromatic ring is 1. The lowest BCUT2D eigenvalue weighted by molar-refractivity contribution is -0.137. The SMILES string of the molecule is Cc1ccc(-c2nc(N)c(C#N)c(-c3ccc(C(F)(F)F)cc3)c2C#N)cc1.O=CN1CCCC1. The van der Waals surface area contributed by atoms with Crippen LogP contribution in [0.15, 0.2) is 48.5 Å². The van der Waals surface area contributed by atoms with Gasteiger partial charge in [0.15, 0.2) is 0 Å². The normalized spacial score (nSPS) is 12.8. The Kier molecular flexibility index (Phi) is 7.73. The molecule has 178 valence electrons. The minimum Gasteiger partial charge on any atom is -0.383 e. The van der Waals surface area contributed by atoms with Crippen molar-refractivity contribution in [3.8, 4) is 34.5 Å². The van der Waals surface area contributed by atoms with Crippen molar-refractivity contribution in [3.63, 3.8) is 0 Å². The van der Waals surface area contributed by atoms with Gasteiger partial charge in [0.05, 0.1) is 16.8 Å². The highest BCUT2D eigenvalue weighted by molar-refractivity contribution is 5.87. The number of carbonyl (C=O) groups is 1. The Morgan fingerprint density at radius 3 is 1.94 bits per heavy atom. The number of pyridine rings is 1. The fourth-order valence-corrected chi connectivity index (χ4v) is 3.71. The molecule has 0 spiro atoms. The maximum absolute atomic E-state index is 12.9. The molecule has 0 bridgehead atoms. The minimum atomic E-state index is -4.49. The molecule has 1 saturated heterocycles. The number of likely N-dealkylation sites (tertiary alicyclic amines) is 1. The first kappa shape index (κ1) is 25.3. The fraction of sp³-hybridized carbons (Fsp3) is 0.231. The molecule has 1 aliphatic heterocycles. The summed E-state index contributed by atoms with van der Waals surface area (Å²) in [4.78, 5) is 15.9. The van der Waals surface area contributed by atoms with E-state index in [1.54, 1.807) is 17.0 Å². The van der Waals surface area contributed by atoms with Crippen LogP contribution < -0.4 is 5.73 Å². The van der Waals surface area contributed by atoms with Crippen molar-refractivity contribution >= 4 is 12.2 Å². The Balaban J connectivity index is 0.000000420. The molecular weight excluding hydrogens is 455 g/mol. The summed E-state index contributed by atoms with van der Waals surface area (Å²) in [5, 5.41) is 19.3.